The molecular weight excluding hydrogens is 210 g/mol. The van der Waals surface area contributed by atoms with Crippen LogP contribution in [0.2, 0.25) is 0 Å². The molecule has 1 aromatic carbocycles. The van der Waals surface area contributed by atoms with Gasteiger partial charge in [0.15, 0.2) is 0 Å². The molecule has 5 nitrogen and oxygen atoms in total. The third-order valence-corrected chi connectivity index (χ3v) is 1.45. The average Bonchev–Trinajstić information content (AvgIpc) is 2.28. The number of carbonyl (C=O) groups is 2. The van der Waals surface area contributed by atoms with Crippen LogP contribution in [0.3, 0.4) is 0 Å². The van der Waals surface area contributed by atoms with Crippen molar-refractivity contribution < 1.29 is 19.8 Å². The lowest BCUT2D eigenvalue weighted by Gasteiger charge is -1.90. The van der Waals surface area contributed by atoms with Crippen LogP contribution in [0.1, 0.15) is 5.56 Å². The van der Waals surface area contributed by atoms with E-state index in [4.69, 9.17) is 15.9 Å². The quantitative estimate of drug-likeness (QED) is 0.660. The van der Waals surface area contributed by atoms with Gasteiger partial charge in [-0.05, 0) is 5.56 Å². The smallest absolute Gasteiger partial charge is 0.328 e. The summed E-state index contributed by atoms with van der Waals surface area (Å²) >= 11 is 0. The second kappa shape index (κ2) is 8.19. The Morgan fingerprint density at radius 2 is 1.50 bits per heavy atom. The molecule has 0 amide bonds. The van der Waals surface area contributed by atoms with E-state index in [1.807, 2.05) is 30.3 Å². The number of carboxylic acid groups (broad SMARTS) is 2. The molecule has 16 heavy (non-hydrogen) atoms. The van der Waals surface area contributed by atoms with Gasteiger partial charge < -0.3 is 15.9 Å². The maximum Gasteiger partial charge on any atom is 0.328 e. The average molecular weight is 223 g/mol. The molecule has 0 saturated carbocycles. The maximum absolute atomic E-state index is 9.55. The molecule has 0 atom stereocenters. The molecule has 0 saturated heterocycles. The van der Waals surface area contributed by atoms with Crippen LogP contribution < -0.4 is 5.73 Å². The van der Waals surface area contributed by atoms with Gasteiger partial charge in [-0.15, -0.1) is 0 Å². The highest BCUT2D eigenvalue weighted by Crippen LogP contribution is 1.94. The first-order valence-electron chi connectivity index (χ1n) is 4.44. The number of hydrogen-bond acceptors (Lipinski definition) is 3. The molecule has 0 spiro atoms. The summed E-state index contributed by atoms with van der Waals surface area (Å²) in [6.45, 7) is 0.640. The lowest BCUT2D eigenvalue weighted by Crippen LogP contribution is -1.94. The van der Waals surface area contributed by atoms with Crippen LogP contribution in [0.4, 0.5) is 0 Å². The Morgan fingerprint density at radius 3 is 1.75 bits per heavy atom. The highest BCUT2D eigenvalue weighted by molar-refractivity contribution is 5.89. The van der Waals surface area contributed by atoms with Crippen molar-refractivity contribution in [2.75, 3.05) is 0 Å². The summed E-state index contributed by atoms with van der Waals surface area (Å²) in [7, 11) is 0. The molecule has 0 aliphatic rings. The van der Waals surface area contributed by atoms with E-state index in [0.717, 1.165) is 0 Å². The van der Waals surface area contributed by atoms with Crippen molar-refractivity contribution in [3.8, 4) is 0 Å². The maximum atomic E-state index is 9.55. The summed E-state index contributed by atoms with van der Waals surface area (Å²) in [5.41, 5.74) is 6.54. The van der Waals surface area contributed by atoms with Gasteiger partial charge in [0.05, 0.1) is 0 Å². The number of aliphatic carboxylic acids is 2. The highest BCUT2D eigenvalue weighted by atomic mass is 16.4. The van der Waals surface area contributed by atoms with Crippen LogP contribution in [0, 0.1) is 0 Å². The first-order chi connectivity index (χ1) is 7.56. The molecule has 1 aromatic rings. The van der Waals surface area contributed by atoms with Gasteiger partial charge in [0, 0.05) is 18.7 Å². The Labute approximate surface area is 92.8 Å². The van der Waals surface area contributed by atoms with Gasteiger partial charge in [-0.1, -0.05) is 30.3 Å². The van der Waals surface area contributed by atoms with E-state index in [9.17, 15) is 9.59 Å². The molecule has 0 unspecified atom stereocenters. The van der Waals surface area contributed by atoms with Crippen LogP contribution in [0.15, 0.2) is 42.5 Å². The van der Waals surface area contributed by atoms with E-state index in [2.05, 4.69) is 0 Å². The predicted octanol–water partition coefficient (Wildman–Crippen LogP) is 0.857. The van der Waals surface area contributed by atoms with Crippen LogP contribution in [-0.2, 0) is 16.1 Å². The Kier molecular flexibility index (Phi) is 7.10. The minimum absolute atomic E-state index is 0.558. The number of benzene rings is 1. The zero-order valence-corrected chi connectivity index (χ0v) is 8.54. The van der Waals surface area contributed by atoms with E-state index < -0.39 is 11.9 Å². The van der Waals surface area contributed by atoms with Gasteiger partial charge >= 0.3 is 11.9 Å². The molecule has 5 heteroatoms. The molecule has 4 N–H and O–H groups in total. The zero-order chi connectivity index (χ0) is 12.4. The summed E-state index contributed by atoms with van der Waals surface area (Å²) in [4.78, 5) is 19.1. The van der Waals surface area contributed by atoms with Gasteiger partial charge in [0.25, 0.3) is 0 Å². The molecule has 0 aliphatic heterocycles. The predicted molar refractivity (Wildman–Crippen MR) is 58.7 cm³/mol. The zero-order valence-electron chi connectivity index (χ0n) is 8.54. The van der Waals surface area contributed by atoms with Crippen molar-refractivity contribution >= 4 is 11.9 Å². The van der Waals surface area contributed by atoms with Crippen molar-refractivity contribution in [2.24, 2.45) is 5.73 Å². The van der Waals surface area contributed by atoms with E-state index in [1.165, 1.54) is 5.56 Å². The first kappa shape index (κ1) is 13.9. The topological polar surface area (TPSA) is 101 Å². The molecular formula is C11H13NO4. The third-order valence-electron chi connectivity index (χ3n) is 1.45. The van der Waals surface area contributed by atoms with Crippen LogP contribution in [0.5, 0.6) is 0 Å². The van der Waals surface area contributed by atoms with Gasteiger partial charge in [-0.25, -0.2) is 9.59 Å². The summed E-state index contributed by atoms with van der Waals surface area (Å²) in [6, 6.07) is 9.99. The van der Waals surface area contributed by atoms with Gasteiger partial charge in [0.1, 0.15) is 0 Å². The summed E-state index contributed by atoms with van der Waals surface area (Å²) in [5, 5.41) is 15.6. The molecule has 0 bridgehead atoms. The molecule has 0 fully saturated rings. The Balaban J connectivity index is 0.000000281. The Morgan fingerprint density at radius 1 is 1.06 bits per heavy atom. The number of rotatable bonds is 3. The van der Waals surface area contributed by atoms with Crippen molar-refractivity contribution in [3.63, 3.8) is 0 Å². The monoisotopic (exact) mass is 223 g/mol. The Bertz CT molecular complexity index is 344. The third kappa shape index (κ3) is 8.46. The van der Waals surface area contributed by atoms with E-state index in [1.54, 1.807) is 0 Å². The fourth-order valence-electron chi connectivity index (χ4n) is 0.757. The van der Waals surface area contributed by atoms with Crippen LogP contribution in [0.25, 0.3) is 0 Å². The number of hydrogen-bond donors (Lipinski definition) is 3. The highest BCUT2D eigenvalue weighted by Gasteiger charge is 1.88. The molecule has 86 valence electrons. The standard InChI is InChI=1S/C7H9N.C4H4O4/c8-6-7-4-2-1-3-5-7;5-3(6)1-2-4(7)8/h1-5H,6,8H2;1-2H,(H,5,6)(H,7,8)/b;2-1-. The minimum Gasteiger partial charge on any atom is -0.478 e. The van der Waals surface area contributed by atoms with Crippen molar-refractivity contribution in [2.45, 2.75) is 6.54 Å². The van der Waals surface area contributed by atoms with Gasteiger partial charge in [-0.2, -0.15) is 0 Å². The lowest BCUT2D eigenvalue weighted by molar-refractivity contribution is -0.134. The second-order valence-electron chi connectivity index (χ2n) is 2.70. The van der Waals surface area contributed by atoms with Gasteiger partial charge in [-0.3, -0.25) is 0 Å². The fraction of sp³-hybridized carbons (Fsp3) is 0.0909. The summed E-state index contributed by atoms with van der Waals surface area (Å²) < 4.78 is 0. The van der Waals surface area contributed by atoms with Crippen LogP contribution in [-0.4, -0.2) is 22.2 Å². The summed E-state index contributed by atoms with van der Waals surface area (Å²) in [6.07, 6.45) is 1.12. The molecule has 0 radical (unpaired) electrons. The largest absolute Gasteiger partial charge is 0.478 e. The Hall–Kier alpha value is -2.14. The molecule has 0 aromatic heterocycles. The SMILES string of the molecule is NCc1ccccc1.O=C(O)/C=C\C(=O)O. The first-order valence-corrected chi connectivity index (χ1v) is 4.44. The lowest BCUT2D eigenvalue weighted by atomic mass is 10.2. The van der Waals surface area contributed by atoms with Gasteiger partial charge in [0.2, 0.25) is 0 Å². The molecule has 0 heterocycles. The van der Waals surface area contributed by atoms with Crippen LogP contribution >= 0.6 is 0 Å². The van der Waals surface area contributed by atoms with Crippen molar-refractivity contribution in [1.82, 2.24) is 0 Å². The number of nitrogens with two attached hydrogens (primary N) is 1. The fourth-order valence-corrected chi connectivity index (χ4v) is 0.757. The molecule has 0 aliphatic carbocycles. The van der Waals surface area contributed by atoms with Crippen molar-refractivity contribution in [3.05, 3.63) is 48.0 Å². The summed E-state index contributed by atoms with van der Waals surface area (Å²) in [5.74, 6) is -2.51. The minimum atomic E-state index is -1.26. The normalized spacial score (nSPS) is 9.31. The van der Waals surface area contributed by atoms with E-state index in [0.29, 0.717) is 18.7 Å². The number of carboxylic acids is 2. The molecule has 1 rings (SSSR count). The van der Waals surface area contributed by atoms with E-state index in [-0.39, 0.29) is 0 Å². The van der Waals surface area contributed by atoms with Crippen molar-refractivity contribution in [1.29, 1.82) is 0 Å². The van der Waals surface area contributed by atoms with E-state index >= 15 is 0 Å². The second-order valence-corrected chi connectivity index (χ2v) is 2.70.